The molecule has 1 atom stereocenters. The standard InChI is InChI=1S/C12H24N2O2/c1-11-9-14(5-2-6-16-11)12(10-13)3-7-15-8-4-12/h11H,2-10,13H2,1H3. The van der Waals surface area contributed by atoms with Gasteiger partial charge in [0.05, 0.1) is 6.10 Å². The van der Waals surface area contributed by atoms with Crippen molar-refractivity contribution in [3.63, 3.8) is 0 Å². The first-order chi connectivity index (χ1) is 7.77. The number of nitrogens with two attached hydrogens (primary N) is 1. The highest BCUT2D eigenvalue weighted by molar-refractivity contribution is 4.94. The fourth-order valence-electron chi connectivity index (χ4n) is 2.83. The van der Waals surface area contributed by atoms with Gasteiger partial charge in [0, 0.05) is 45.0 Å². The second-order valence-corrected chi connectivity index (χ2v) is 5.02. The lowest BCUT2D eigenvalue weighted by Gasteiger charge is -2.45. The quantitative estimate of drug-likeness (QED) is 0.752. The zero-order chi connectivity index (χ0) is 11.4. The van der Waals surface area contributed by atoms with Crippen molar-refractivity contribution in [3.05, 3.63) is 0 Å². The fraction of sp³-hybridized carbons (Fsp3) is 1.00. The Labute approximate surface area is 98.1 Å². The summed E-state index contributed by atoms with van der Waals surface area (Å²) >= 11 is 0. The Morgan fingerprint density at radius 2 is 2.06 bits per heavy atom. The van der Waals surface area contributed by atoms with Crippen molar-refractivity contribution in [2.45, 2.75) is 37.8 Å². The SMILES string of the molecule is CC1CN(C2(CN)CCOCC2)CCCO1. The third-order valence-corrected chi connectivity index (χ3v) is 3.93. The van der Waals surface area contributed by atoms with Gasteiger partial charge in [-0.1, -0.05) is 0 Å². The van der Waals surface area contributed by atoms with Crippen LogP contribution in [0.2, 0.25) is 0 Å². The van der Waals surface area contributed by atoms with Crippen molar-refractivity contribution in [2.24, 2.45) is 5.73 Å². The molecular formula is C12H24N2O2. The Hall–Kier alpha value is -0.160. The number of ether oxygens (including phenoxy) is 2. The highest BCUT2D eigenvalue weighted by Crippen LogP contribution is 2.28. The van der Waals surface area contributed by atoms with E-state index >= 15 is 0 Å². The third kappa shape index (κ3) is 2.56. The lowest BCUT2D eigenvalue weighted by atomic mass is 9.87. The highest BCUT2D eigenvalue weighted by atomic mass is 16.5. The van der Waals surface area contributed by atoms with Crippen molar-refractivity contribution < 1.29 is 9.47 Å². The molecule has 16 heavy (non-hydrogen) atoms. The highest BCUT2D eigenvalue weighted by Gasteiger charge is 2.38. The van der Waals surface area contributed by atoms with Gasteiger partial charge in [0.15, 0.2) is 0 Å². The molecule has 1 unspecified atom stereocenters. The molecule has 2 heterocycles. The number of hydrogen-bond acceptors (Lipinski definition) is 4. The smallest absolute Gasteiger partial charge is 0.0674 e. The molecule has 2 aliphatic heterocycles. The second-order valence-electron chi connectivity index (χ2n) is 5.02. The average Bonchev–Trinajstić information content (AvgIpc) is 2.55. The van der Waals surface area contributed by atoms with Gasteiger partial charge < -0.3 is 15.2 Å². The largest absolute Gasteiger partial charge is 0.381 e. The van der Waals surface area contributed by atoms with Crippen molar-refractivity contribution in [1.82, 2.24) is 4.90 Å². The first kappa shape index (κ1) is 12.3. The molecule has 4 heteroatoms. The molecule has 0 saturated carbocycles. The van der Waals surface area contributed by atoms with Crippen LogP contribution >= 0.6 is 0 Å². The molecule has 2 N–H and O–H groups in total. The van der Waals surface area contributed by atoms with E-state index in [1.807, 2.05) is 0 Å². The molecule has 2 fully saturated rings. The van der Waals surface area contributed by atoms with E-state index < -0.39 is 0 Å². The Morgan fingerprint density at radius 1 is 1.31 bits per heavy atom. The molecule has 2 aliphatic rings. The summed E-state index contributed by atoms with van der Waals surface area (Å²) < 4.78 is 11.2. The van der Waals surface area contributed by atoms with Crippen LogP contribution in [0.3, 0.4) is 0 Å². The van der Waals surface area contributed by atoms with E-state index in [1.54, 1.807) is 0 Å². The van der Waals surface area contributed by atoms with Crippen molar-refractivity contribution in [2.75, 3.05) is 39.5 Å². The summed E-state index contributed by atoms with van der Waals surface area (Å²) in [5.74, 6) is 0. The molecule has 2 saturated heterocycles. The number of nitrogens with zero attached hydrogens (tertiary/aromatic N) is 1. The molecule has 0 amide bonds. The lowest BCUT2D eigenvalue weighted by Crippen LogP contribution is -2.58. The third-order valence-electron chi connectivity index (χ3n) is 3.93. The van der Waals surface area contributed by atoms with E-state index in [2.05, 4.69) is 11.8 Å². The van der Waals surface area contributed by atoms with Gasteiger partial charge in [-0.2, -0.15) is 0 Å². The first-order valence-corrected chi connectivity index (χ1v) is 6.41. The molecule has 2 rings (SSSR count). The van der Waals surface area contributed by atoms with Gasteiger partial charge in [0.2, 0.25) is 0 Å². The Kier molecular flexibility index (Phi) is 4.19. The van der Waals surface area contributed by atoms with Crippen LogP contribution in [-0.4, -0.2) is 56.0 Å². The monoisotopic (exact) mass is 228 g/mol. The van der Waals surface area contributed by atoms with Gasteiger partial charge in [-0.25, -0.2) is 0 Å². The zero-order valence-electron chi connectivity index (χ0n) is 10.3. The van der Waals surface area contributed by atoms with Crippen molar-refractivity contribution in [1.29, 1.82) is 0 Å². The Bertz CT molecular complexity index is 217. The second kappa shape index (κ2) is 5.45. The summed E-state index contributed by atoms with van der Waals surface area (Å²) in [6.45, 7) is 7.60. The number of hydrogen-bond donors (Lipinski definition) is 1. The summed E-state index contributed by atoms with van der Waals surface area (Å²) in [4.78, 5) is 2.55. The molecule has 0 aromatic carbocycles. The topological polar surface area (TPSA) is 47.7 Å². The average molecular weight is 228 g/mol. The molecule has 4 nitrogen and oxygen atoms in total. The summed E-state index contributed by atoms with van der Waals surface area (Å²) in [6, 6.07) is 0. The fourth-order valence-corrected chi connectivity index (χ4v) is 2.83. The molecule has 0 aromatic rings. The predicted octanol–water partition coefficient (Wildman–Crippen LogP) is 0.605. The summed E-state index contributed by atoms with van der Waals surface area (Å²) in [5.41, 5.74) is 6.19. The molecular weight excluding hydrogens is 204 g/mol. The van der Waals surface area contributed by atoms with Crippen LogP contribution in [0.5, 0.6) is 0 Å². The molecule has 0 bridgehead atoms. The van der Waals surface area contributed by atoms with Crippen LogP contribution < -0.4 is 5.73 Å². The van der Waals surface area contributed by atoms with Crippen LogP contribution in [0, 0.1) is 0 Å². The van der Waals surface area contributed by atoms with Crippen molar-refractivity contribution in [3.8, 4) is 0 Å². The summed E-state index contributed by atoms with van der Waals surface area (Å²) in [5, 5.41) is 0. The van der Waals surface area contributed by atoms with E-state index in [0.29, 0.717) is 6.10 Å². The molecule has 0 aromatic heterocycles. The number of rotatable bonds is 2. The lowest BCUT2D eigenvalue weighted by molar-refractivity contribution is -0.0333. The maximum absolute atomic E-state index is 6.03. The summed E-state index contributed by atoms with van der Waals surface area (Å²) in [7, 11) is 0. The predicted molar refractivity (Wildman–Crippen MR) is 63.4 cm³/mol. The van der Waals surface area contributed by atoms with Crippen LogP contribution in [0.1, 0.15) is 26.2 Å². The van der Waals surface area contributed by atoms with Gasteiger partial charge in [0.25, 0.3) is 0 Å². The first-order valence-electron chi connectivity index (χ1n) is 6.41. The Balaban J connectivity index is 2.05. The van der Waals surface area contributed by atoms with Gasteiger partial charge >= 0.3 is 0 Å². The van der Waals surface area contributed by atoms with Gasteiger partial charge in [-0.05, 0) is 26.2 Å². The van der Waals surface area contributed by atoms with Crippen LogP contribution in [0.4, 0.5) is 0 Å². The minimum atomic E-state index is 0.167. The van der Waals surface area contributed by atoms with Crippen molar-refractivity contribution >= 4 is 0 Å². The molecule has 0 radical (unpaired) electrons. The minimum absolute atomic E-state index is 0.167. The van der Waals surface area contributed by atoms with Gasteiger partial charge in [0.1, 0.15) is 0 Å². The zero-order valence-corrected chi connectivity index (χ0v) is 10.3. The van der Waals surface area contributed by atoms with Gasteiger partial charge in [-0.15, -0.1) is 0 Å². The maximum atomic E-state index is 6.03. The maximum Gasteiger partial charge on any atom is 0.0674 e. The minimum Gasteiger partial charge on any atom is -0.381 e. The van der Waals surface area contributed by atoms with E-state index in [4.69, 9.17) is 15.2 Å². The normalized spacial score (nSPS) is 32.2. The van der Waals surface area contributed by atoms with Crippen LogP contribution in [0.15, 0.2) is 0 Å². The molecule has 0 aliphatic carbocycles. The van der Waals surface area contributed by atoms with E-state index in [-0.39, 0.29) is 5.54 Å². The van der Waals surface area contributed by atoms with Gasteiger partial charge in [-0.3, -0.25) is 4.90 Å². The van der Waals surface area contributed by atoms with E-state index in [1.165, 1.54) is 0 Å². The molecule has 94 valence electrons. The Morgan fingerprint density at radius 3 is 2.75 bits per heavy atom. The molecule has 0 spiro atoms. The van der Waals surface area contributed by atoms with E-state index in [0.717, 1.165) is 58.7 Å². The summed E-state index contributed by atoms with van der Waals surface area (Å²) in [6.07, 6.45) is 3.58. The van der Waals surface area contributed by atoms with Crippen LogP contribution in [-0.2, 0) is 9.47 Å². The van der Waals surface area contributed by atoms with E-state index in [9.17, 15) is 0 Å². The van der Waals surface area contributed by atoms with Crippen LogP contribution in [0.25, 0.3) is 0 Å².